The van der Waals surface area contributed by atoms with Gasteiger partial charge < -0.3 is 15.7 Å². The summed E-state index contributed by atoms with van der Waals surface area (Å²) in [5, 5.41) is 24.1. The predicted molar refractivity (Wildman–Crippen MR) is 62.1 cm³/mol. The number of aliphatic hydroxyl groups is 1. The van der Waals surface area contributed by atoms with Gasteiger partial charge in [0.15, 0.2) is 0 Å². The summed E-state index contributed by atoms with van der Waals surface area (Å²) < 4.78 is 0. The molecule has 3 N–H and O–H groups in total. The lowest BCUT2D eigenvalue weighted by Gasteiger charge is -2.30. The van der Waals surface area contributed by atoms with Gasteiger partial charge in [-0.15, -0.1) is 0 Å². The fraction of sp³-hybridized carbons (Fsp3) is 0.750. The van der Waals surface area contributed by atoms with Gasteiger partial charge in [0.25, 0.3) is 0 Å². The lowest BCUT2D eigenvalue weighted by atomic mass is 9.92. The van der Waals surface area contributed by atoms with E-state index in [1.54, 1.807) is 0 Å². The van der Waals surface area contributed by atoms with E-state index in [4.69, 9.17) is 5.26 Å². The van der Waals surface area contributed by atoms with Gasteiger partial charge in [-0.3, -0.25) is 9.59 Å². The molecule has 2 aliphatic rings. The molecule has 0 aromatic carbocycles. The molecule has 98 valence electrons. The van der Waals surface area contributed by atoms with Crippen molar-refractivity contribution in [1.82, 2.24) is 10.6 Å². The van der Waals surface area contributed by atoms with Gasteiger partial charge in [0.05, 0.1) is 12.2 Å². The second kappa shape index (κ2) is 4.94. The highest BCUT2D eigenvalue weighted by Crippen LogP contribution is 2.29. The summed E-state index contributed by atoms with van der Waals surface area (Å²) in [5.74, 6) is -2.09. The number of hydrogen-bond acceptors (Lipinski definition) is 4. The predicted octanol–water partition coefficient (Wildman–Crippen LogP) is -0.564. The molecule has 2 atom stereocenters. The number of piperidine rings is 1. The minimum Gasteiger partial charge on any atom is -0.392 e. The molecule has 1 saturated heterocycles. The van der Waals surface area contributed by atoms with Crippen LogP contribution in [0.25, 0.3) is 0 Å². The Balaban J connectivity index is 2.07. The normalized spacial score (nSPS) is 30.3. The molecule has 1 aliphatic heterocycles. The first kappa shape index (κ1) is 12.8. The van der Waals surface area contributed by atoms with E-state index < -0.39 is 29.4 Å². The van der Waals surface area contributed by atoms with Crippen LogP contribution in [0.5, 0.6) is 0 Å². The molecular weight excluding hydrogens is 234 g/mol. The van der Waals surface area contributed by atoms with Crippen LogP contribution in [0.1, 0.15) is 32.1 Å². The smallest absolute Gasteiger partial charge is 0.236 e. The second-order valence-electron chi connectivity index (χ2n) is 5.01. The van der Waals surface area contributed by atoms with E-state index >= 15 is 0 Å². The van der Waals surface area contributed by atoms with Gasteiger partial charge in [-0.25, -0.2) is 0 Å². The van der Waals surface area contributed by atoms with Crippen molar-refractivity contribution in [2.24, 2.45) is 5.92 Å². The fourth-order valence-electron chi connectivity index (χ4n) is 2.65. The zero-order valence-electron chi connectivity index (χ0n) is 10.1. The number of aliphatic hydroxyl groups excluding tert-OH is 1. The van der Waals surface area contributed by atoms with Crippen LogP contribution in [0.4, 0.5) is 0 Å². The number of rotatable bonds is 2. The van der Waals surface area contributed by atoms with Crippen LogP contribution in [-0.4, -0.2) is 35.1 Å². The lowest BCUT2D eigenvalue weighted by Crippen LogP contribution is -2.56. The maximum atomic E-state index is 12.1. The van der Waals surface area contributed by atoms with Crippen molar-refractivity contribution in [3.05, 3.63) is 0 Å². The van der Waals surface area contributed by atoms with Crippen molar-refractivity contribution in [3.63, 3.8) is 0 Å². The summed E-state index contributed by atoms with van der Waals surface area (Å²) in [5.41, 5.74) is -0.853. The zero-order chi connectivity index (χ0) is 13.2. The van der Waals surface area contributed by atoms with Gasteiger partial charge in [-0.2, -0.15) is 5.26 Å². The number of nitrogens with one attached hydrogen (secondary N) is 2. The Morgan fingerprint density at radius 3 is 2.72 bits per heavy atom. The van der Waals surface area contributed by atoms with Gasteiger partial charge in [-0.1, -0.05) is 0 Å². The molecule has 6 nitrogen and oxygen atoms in total. The van der Waals surface area contributed by atoms with Crippen LogP contribution in [0.2, 0.25) is 0 Å². The number of hydrogen-bond donors (Lipinski definition) is 3. The third-order valence-electron chi connectivity index (χ3n) is 3.72. The fourth-order valence-corrected chi connectivity index (χ4v) is 2.65. The highest BCUT2D eigenvalue weighted by molar-refractivity contribution is 6.01. The monoisotopic (exact) mass is 251 g/mol. The number of amides is 2. The Bertz CT molecular complexity index is 396. The number of carbonyl (C=O) groups excluding carboxylic acids is 2. The van der Waals surface area contributed by atoms with Crippen LogP contribution in [0.15, 0.2) is 0 Å². The minimum absolute atomic E-state index is 0.364. The molecule has 0 spiro atoms. The molecule has 0 aromatic rings. The maximum absolute atomic E-state index is 12.1. The van der Waals surface area contributed by atoms with Crippen LogP contribution in [0.3, 0.4) is 0 Å². The first-order chi connectivity index (χ1) is 8.58. The summed E-state index contributed by atoms with van der Waals surface area (Å²) in [6.45, 7) is 0.382. The van der Waals surface area contributed by atoms with Gasteiger partial charge in [-0.05, 0) is 32.1 Å². The molecule has 0 bridgehead atoms. The standard InChI is InChI=1S/C12H17N3O3/c13-7-12(4-1-2-5-12)15-11(18)9-8(16)3-6-14-10(9)17/h8-9,16H,1-6H2,(H,14,17)(H,15,18). The first-order valence-electron chi connectivity index (χ1n) is 6.27. The lowest BCUT2D eigenvalue weighted by molar-refractivity contribution is -0.143. The molecule has 1 saturated carbocycles. The molecule has 2 unspecified atom stereocenters. The summed E-state index contributed by atoms with van der Waals surface area (Å²) in [4.78, 5) is 23.7. The zero-order valence-corrected chi connectivity index (χ0v) is 10.1. The average Bonchev–Trinajstić information content (AvgIpc) is 2.78. The molecule has 2 amide bonds. The molecule has 1 heterocycles. The summed E-state index contributed by atoms with van der Waals surface area (Å²) in [6, 6.07) is 2.13. The molecule has 0 aromatic heterocycles. The van der Waals surface area contributed by atoms with Crippen LogP contribution in [-0.2, 0) is 9.59 Å². The Kier molecular flexibility index (Phi) is 3.53. The maximum Gasteiger partial charge on any atom is 0.236 e. The highest BCUT2D eigenvalue weighted by atomic mass is 16.3. The van der Waals surface area contributed by atoms with Gasteiger partial charge in [0.1, 0.15) is 11.5 Å². The van der Waals surface area contributed by atoms with Crippen molar-refractivity contribution in [3.8, 4) is 6.07 Å². The van der Waals surface area contributed by atoms with E-state index in [1.807, 2.05) is 0 Å². The van der Waals surface area contributed by atoms with E-state index in [1.165, 1.54) is 0 Å². The van der Waals surface area contributed by atoms with Crippen LogP contribution >= 0.6 is 0 Å². The van der Waals surface area contributed by atoms with Crippen molar-refractivity contribution >= 4 is 11.8 Å². The molecule has 2 rings (SSSR count). The van der Waals surface area contributed by atoms with Gasteiger partial charge >= 0.3 is 0 Å². The summed E-state index contributed by atoms with van der Waals surface area (Å²) in [6.07, 6.45) is 2.42. The highest BCUT2D eigenvalue weighted by Gasteiger charge is 2.42. The van der Waals surface area contributed by atoms with Crippen molar-refractivity contribution in [2.75, 3.05) is 6.54 Å². The third-order valence-corrected chi connectivity index (χ3v) is 3.72. The van der Waals surface area contributed by atoms with Gasteiger partial charge in [0, 0.05) is 6.54 Å². The molecular formula is C12H17N3O3. The Morgan fingerprint density at radius 1 is 1.50 bits per heavy atom. The molecule has 18 heavy (non-hydrogen) atoms. The van der Waals surface area contributed by atoms with Crippen molar-refractivity contribution in [1.29, 1.82) is 5.26 Å². The van der Waals surface area contributed by atoms with Crippen molar-refractivity contribution in [2.45, 2.75) is 43.7 Å². The Morgan fingerprint density at radius 2 is 2.17 bits per heavy atom. The van der Waals surface area contributed by atoms with Crippen LogP contribution in [0, 0.1) is 17.2 Å². The Labute approximate surface area is 105 Å². The topological polar surface area (TPSA) is 102 Å². The SMILES string of the molecule is N#CC1(NC(=O)C2C(=O)NCCC2O)CCCC1. The first-order valence-corrected chi connectivity index (χ1v) is 6.27. The summed E-state index contributed by atoms with van der Waals surface area (Å²) in [7, 11) is 0. The molecule has 0 radical (unpaired) electrons. The van der Waals surface area contributed by atoms with E-state index in [9.17, 15) is 14.7 Å². The van der Waals surface area contributed by atoms with E-state index in [-0.39, 0.29) is 0 Å². The van der Waals surface area contributed by atoms with Crippen LogP contribution < -0.4 is 10.6 Å². The van der Waals surface area contributed by atoms with E-state index in [0.29, 0.717) is 25.8 Å². The average molecular weight is 251 g/mol. The molecule has 1 aliphatic carbocycles. The third kappa shape index (κ3) is 2.31. The summed E-state index contributed by atoms with van der Waals surface area (Å²) >= 11 is 0. The van der Waals surface area contributed by atoms with Gasteiger partial charge in [0.2, 0.25) is 11.8 Å². The number of nitrogens with zero attached hydrogens (tertiary/aromatic N) is 1. The van der Waals surface area contributed by atoms with Crippen molar-refractivity contribution < 1.29 is 14.7 Å². The second-order valence-corrected chi connectivity index (χ2v) is 5.01. The molecule has 2 fully saturated rings. The minimum atomic E-state index is -1.09. The quantitative estimate of drug-likeness (QED) is 0.572. The number of nitriles is 1. The van der Waals surface area contributed by atoms with E-state index in [2.05, 4.69) is 16.7 Å². The Hall–Kier alpha value is -1.61. The van der Waals surface area contributed by atoms with E-state index in [0.717, 1.165) is 12.8 Å². The number of carbonyl (C=O) groups is 2. The largest absolute Gasteiger partial charge is 0.392 e. The molecule has 6 heteroatoms.